The second-order valence-electron chi connectivity index (χ2n) is 6.54. The molecule has 0 spiro atoms. The van der Waals surface area contributed by atoms with Crippen LogP contribution in [0.15, 0.2) is 3.92 Å². The van der Waals surface area contributed by atoms with Crippen molar-refractivity contribution in [2.75, 3.05) is 6.54 Å². The van der Waals surface area contributed by atoms with E-state index >= 15 is 0 Å². The zero-order valence-corrected chi connectivity index (χ0v) is 16.2. The van der Waals surface area contributed by atoms with E-state index in [1.807, 2.05) is 20.8 Å². The minimum atomic E-state index is -0.553. The van der Waals surface area contributed by atoms with Gasteiger partial charge in [0.25, 0.3) is 5.91 Å². The third-order valence-electron chi connectivity index (χ3n) is 3.41. The first kappa shape index (κ1) is 18.2. The summed E-state index contributed by atoms with van der Waals surface area (Å²) in [5.74, 6) is -0.203. The Kier molecular flexibility index (Phi) is 5.67. The molecule has 0 bridgehead atoms. The number of amides is 2. The van der Waals surface area contributed by atoms with Crippen molar-refractivity contribution in [2.45, 2.75) is 58.7 Å². The quantitative estimate of drug-likeness (QED) is 0.816. The van der Waals surface area contributed by atoms with E-state index in [2.05, 4.69) is 26.2 Å². The van der Waals surface area contributed by atoms with E-state index in [0.717, 1.165) is 19.3 Å². The van der Waals surface area contributed by atoms with Crippen LogP contribution in [0.25, 0.3) is 0 Å². The van der Waals surface area contributed by atoms with E-state index in [-0.39, 0.29) is 18.2 Å². The van der Waals surface area contributed by atoms with Crippen molar-refractivity contribution in [3.63, 3.8) is 0 Å². The molecule has 23 heavy (non-hydrogen) atoms. The van der Waals surface area contributed by atoms with Gasteiger partial charge in [-0.3, -0.25) is 9.69 Å². The van der Waals surface area contributed by atoms with Gasteiger partial charge in [0.15, 0.2) is 3.92 Å². The Morgan fingerprint density at radius 3 is 2.65 bits per heavy atom. The molecule has 1 aliphatic rings. The average Bonchev–Trinajstić information content (AvgIpc) is 2.76. The molecule has 1 aromatic rings. The summed E-state index contributed by atoms with van der Waals surface area (Å²) in [5, 5.41) is 2.94. The average molecular weight is 404 g/mol. The molecule has 1 unspecified atom stereocenters. The van der Waals surface area contributed by atoms with Gasteiger partial charge >= 0.3 is 6.09 Å². The molecule has 1 aliphatic heterocycles. The summed E-state index contributed by atoms with van der Waals surface area (Å²) in [7, 11) is 0. The lowest BCUT2D eigenvalue weighted by Crippen LogP contribution is -2.54. The van der Waals surface area contributed by atoms with Crippen molar-refractivity contribution in [3.8, 4) is 0 Å². The number of hydrogen-bond donors (Lipinski definition) is 1. The van der Waals surface area contributed by atoms with Gasteiger partial charge in [-0.05, 0) is 62.9 Å². The van der Waals surface area contributed by atoms with Crippen LogP contribution in [-0.2, 0) is 4.74 Å². The number of ether oxygens (including phenoxy) is 1. The van der Waals surface area contributed by atoms with Crippen molar-refractivity contribution in [3.05, 3.63) is 14.5 Å². The van der Waals surface area contributed by atoms with Gasteiger partial charge in [0, 0.05) is 6.54 Å². The predicted molar refractivity (Wildman–Crippen MR) is 92.6 cm³/mol. The summed E-state index contributed by atoms with van der Waals surface area (Å²) in [6.07, 6.45) is 1.88. The Labute approximate surface area is 148 Å². The highest BCUT2D eigenvalue weighted by atomic mass is 79.9. The minimum absolute atomic E-state index is 0.203. The Morgan fingerprint density at radius 1 is 1.39 bits per heavy atom. The van der Waals surface area contributed by atoms with Crippen molar-refractivity contribution in [1.29, 1.82) is 0 Å². The van der Waals surface area contributed by atoms with Gasteiger partial charge in [-0.1, -0.05) is 0 Å². The molecule has 2 heterocycles. The first-order valence-electron chi connectivity index (χ1n) is 7.61. The van der Waals surface area contributed by atoms with Crippen molar-refractivity contribution < 1.29 is 14.3 Å². The number of rotatable bonds is 2. The Balaban J connectivity index is 2.08. The summed E-state index contributed by atoms with van der Waals surface area (Å²) >= 11 is 4.58. The molecule has 0 saturated carbocycles. The van der Waals surface area contributed by atoms with Gasteiger partial charge in [-0.15, -0.1) is 11.3 Å². The first-order chi connectivity index (χ1) is 10.7. The molecule has 0 radical (unpaired) electrons. The summed E-state index contributed by atoms with van der Waals surface area (Å²) in [4.78, 5) is 31.2. The molecule has 6 nitrogen and oxygen atoms in total. The molecule has 1 N–H and O–H groups in total. The third kappa shape index (κ3) is 4.91. The maximum absolute atomic E-state index is 12.5. The second kappa shape index (κ2) is 7.17. The van der Waals surface area contributed by atoms with Crippen LogP contribution in [0.4, 0.5) is 4.79 Å². The van der Waals surface area contributed by atoms with Crippen LogP contribution in [0, 0.1) is 6.92 Å². The van der Waals surface area contributed by atoms with Gasteiger partial charge in [-0.2, -0.15) is 0 Å². The van der Waals surface area contributed by atoms with Gasteiger partial charge in [0.05, 0.1) is 5.69 Å². The van der Waals surface area contributed by atoms with E-state index in [1.165, 1.54) is 11.3 Å². The highest BCUT2D eigenvalue weighted by Gasteiger charge is 2.32. The molecular formula is C15H22BrN3O3S. The molecule has 0 aromatic carbocycles. The summed E-state index contributed by atoms with van der Waals surface area (Å²) < 4.78 is 6.11. The first-order valence-corrected chi connectivity index (χ1v) is 9.22. The molecular weight excluding hydrogens is 382 g/mol. The lowest BCUT2D eigenvalue weighted by molar-refractivity contribution is 0.00605. The molecule has 1 atom stereocenters. The lowest BCUT2D eigenvalue weighted by atomic mass is 10.1. The molecule has 1 aromatic heterocycles. The number of aromatic nitrogens is 1. The monoisotopic (exact) mass is 403 g/mol. The normalized spacial score (nSPS) is 18.7. The maximum atomic E-state index is 12.5. The van der Waals surface area contributed by atoms with E-state index in [1.54, 1.807) is 11.8 Å². The van der Waals surface area contributed by atoms with Crippen LogP contribution in [0.1, 0.15) is 55.4 Å². The van der Waals surface area contributed by atoms with Gasteiger partial charge in [-0.25, -0.2) is 9.78 Å². The Hall–Kier alpha value is -1.15. The number of likely N-dealkylation sites (tertiary alicyclic amines) is 1. The fourth-order valence-corrected chi connectivity index (χ4v) is 3.86. The van der Waals surface area contributed by atoms with E-state index < -0.39 is 5.60 Å². The summed E-state index contributed by atoms with van der Waals surface area (Å²) in [6, 6.07) is 0. The van der Waals surface area contributed by atoms with Crippen LogP contribution in [0.5, 0.6) is 0 Å². The maximum Gasteiger partial charge on any atom is 0.411 e. The van der Waals surface area contributed by atoms with Gasteiger partial charge in [0.1, 0.15) is 16.6 Å². The number of nitrogens with one attached hydrogen (secondary N) is 1. The Morgan fingerprint density at radius 2 is 2.09 bits per heavy atom. The van der Waals surface area contributed by atoms with Crippen LogP contribution in [0.2, 0.25) is 0 Å². The summed E-state index contributed by atoms with van der Waals surface area (Å²) in [6.45, 7) is 7.88. The van der Waals surface area contributed by atoms with Crippen molar-refractivity contribution in [2.24, 2.45) is 0 Å². The van der Waals surface area contributed by atoms with Gasteiger partial charge < -0.3 is 10.1 Å². The zero-order valence-electron chi connectivity index (χ0n) is 13.8. The summed E-state index contributed by atoms with van der Waals surface area (Å²) in [5.41, 5.74) is 0.126. The Bertz CT molecular complexity index is 597. The smallest absolute Gasteiger partial charge is 0.411 e. The predicted octanol–water partition coefficient (Wildman–Crippen LogP) is 3.69. The van der Waals surface area contributed by atoms with E-state index in [9.17, 15) is 9.59 Å². The van der Waals surface area contributed by atoms with Crippen LogP contribution in [0.3, 0.4) is 0 Å². The minimum Gasteiger partial charge on any atom is -0.444 e. The largest absolute Gasteiger partial charge is 0.444 e. The van der Waals surface area contributed by atoms with Crippen LogP contribution < -0.4 is 5.32 Å². The standard InChI is InChI=1S/C15H22BrN3O3S/c1-9-11(23-13(16)17-9)12(20)18-10-7-5-6-8-19(10)14(21)22-15(2,3)4/h10H,5-8H2,1-4H3,(H,18,20). The van der Waals surface area contributed by atoms with E-state index in [0.29, 0.717) is 21.0 Å². The second-order valence-corrected chi connectivity index (χ2v) is 8.82. The molecule has 128 valence electrons. The third-order valence-corrected chi connectivity index (χ3v) is 5.01. The number of carbonyl (C=O) groups excluding carboxylic acids is 2. The van der Waals surface area contributed by atoms with E-state index in [4.69, 9.17) is 4.74 Å². The topological polar surface area (TPSA) is 71.5 Å². The highest BCUT2D eigenvalue weighted by Crippen LogP contribution is 2.24. The number of piperidine rings is 1. The van der Waals surface area contributed by atoms with Crippen molar-refractivity contribution >= 4 is 39.3 Å². The number of thiazole rings is 1. The fourth-order valence-electron chi connectivity index (χ4n) is 2.41. The highest BCUT2D eigenvalue weighted by molar-refractivity contribution is 9.11. The molecule has 8 heteroatoms. The number of hydrogen-bond acceptors (Lipinski definition) is 5. The molecule has 2 amide bonds. The van der Waals surface area contributed by atoms with Gasteiger partial charge in [0.2, 0.25) is 0 Å². The number of nitrogens with zero attached hydrogens (tertiary/aromatic N) is 2. The zero-order chi connectivity index (χ0) is 17.2. The lowest BCUT2D eigenvalue weighted by Gasteiger charge is -2.36. The molecule has 1 fully saturated rings. The number of aryl methyl sites for hydroxylation is 1. The van der Waals surface area contributed by atoms with Crippen molar-refractivity contribution in [1.82, 2.24) is 15.2 Å². The number of carbonyl (C=O) groups is 2. The molecule has 0 aliphatic carbocycles. The number of halogens is 1. The van der Waals surface area contributed by atoms with Crippen LogP contribution in [-0.4, -0.2) is 40.2 Å². The SMILES string of the molecule is Cc1nc(Br)sc1C(=O)NC1CCCCN1C(=O)OC(C)(C)C. The van der Waals surface area contributed by atoms with Crippen LogP contribution >= 0.6 is 27.3 Å². The molecule has 2 rings (SSSR count). The fraction of sp³-hybridized carbons (Fsp3) is 0.667. The molecule has 1 saturated heterocycles.